The van der Waals surface area contributed by atoms with Gasteiger partial charge in [0, 0.05) is 23.5 Å². The first-order valence-electron chi connectivity index (χ1n) is 5.89. The van der Waals surface area contributed by atoms with Gasteiger partial charge >= 0.3 is 0 Å². The summed E-state index contributed by atoms with van der Waals surface area (Å²) in [5.74, 6) is 0. The van der Waals surface area contributed by atoms with Crippen molar-refractivity contribution in [1.82, 2.24) is 5.32 Å². The van der Waals surface area contributed by atoms with Crippen molar-refractivity contribution in [3.8, 4) is 0 Å². The number of benzene rings is 1. The van der Waals surface area contributed by atoms with Crippen LogP contribution in [0.2, 0.25) is 4.34 Å². The molecule has 0 fully saturated rings. The van der Waals surface area contributed by atoms with Gasteiger partial charge in [-0.05, 0) is 46.6 Å². The van der Waals surface area contributed by atoms with Crippen LogP contribution in [0.1, 0.15) is 23.4 Å². The summed E-state index contributed by atoms with van der Waals surface area (Å²) in [6.45, 7) is 2.60. The van der Waals surface area contributed by atoms with Crippen molar-refractivity contribution >= 4 is 44.6 Å². The summed E-state index contributed by atoms with van der Waals surface area (Å²) in [5.41, 5.74) is 0.950. The van der Waals surface area contributed by atoms with Crippen LogP contribution in [-0.4, -0.2) is 4.92 Å². The molecule has 0 saturated heterocycles. The minimum atomic E-state index is -0.393. The van der Waals surface area contributed by atoms with Crippen LogP contribution >= 0.6 is 38.9 Å². The van der Waals surface area contributed by atoms with E-state index in [1.54, 1.807) is 12.1 Å². The number of hydrogen-bond donors (Lipinski definition) is 1. The van der Waals surface area contributed by atoms with Gasteiger partial charge in [-0.25, -0.2) is 0 Å². The van der Waals surface area contributed by atoms with Crippen molar-refractivity contribution in [3.63, 3.8) is 0 Å². The van der Waals surface area contributed by atoms with E-state index in [2.05, 4.69) is 21.2 Å². The first kappa shape index (κ1) is 15.4. The van der Waals surface area contributed by atoms with E-state index in [9.17, 15) is 10.1 Å². The number of hydrogen-bond acceptors (Lipinski definition) is 4. The van der Waals surface area contributed by atoms with E-state index in [1.807, 2.05) is 25.1 Å². The Morgan fingerprint density at radius 2 is 2.20 bits per heavy atom. The Kier molecular flexibility index (Phi) is 5.15. The Morgan fingerprint density at radius 3 is 2.80 bits per heavy atom. The quantitative estimate of drug-likeness (QED) is 0.596. The molecule has 1 N–H and O–H groups in total. The van der Waals surface area contributed by atoms with Crippen LogP contribution in [0.3, 0.4) is 0 Å². The number of nitrogens with zero attached hydrogens (tertiary/aromatic N) is 1. The maximum atomic E-state index is 10.9. The second-order valence-electron chi connectivity index (χ2n) is 4.29. The van der Waals surface area contributed by atoms with Gasteiger partial charge in [-0.2, -0.15) is 0 Å². The minimum Gasteiger partial charge on any atom is -0.305 e. The molecule has 4 nitrogen and oxygen atoms in total. The fraction of sp³-hybridized carbons (Fsp3) is 0.231. The second kappa shape index (κ2) is 6.67. The lowest BCUT2D eigenvalue weighted by atomic mass is 10.2. The summed E-state index contributed by atoms with van der Waals surface area (Å²) in [6.07, 6.45) is 0. The average molecular weight is 376 g/mol. The predicted molar refractivity (Wildman–Crippen MR) is 85.4 cm³/mol. The van der Waals surface area contributed by atoms with Gasteiger partial charge in [0.25, 0.3) is 5.69 Å². The molecule has 2 aromatic rings. The number of nitrogens with one attached hydrogen (secondary N) is 1. The predicted octanol–water partition coefficient (Wildman–Crippen LogP) is 4.92. The van der Waals surface area contributed by atoms with Crippen LogP contribution in [0.4, 0.5) is 5.69 Å². The van der Waals surface area contributed by atoms with E-state index in [-0.39, 0.29) is 11.7 Å². The summed E-state index contributed by atoms with van der Waals surface area (Å²) in [6, 6.07) is 9.12. The third-order valence-electron chi connectivity index (χ3n) is 2.84. The molecule has 1 atom stereocenters. The molecule has 0 bridgehead atoms. The van der Waals surface area contributed by atoms with Crippen molar-refractivity contribution in [2.75, 3.05) is 0 Å². The van der Waals surface area contributed by atoms with Crippen LogP contribution in [0, 0.1) is 10.1 Å². The van der Waals surface area contributed by atoms with E-state index in [4.69, 9.17) is 11.6 Å². The molecule has 106 valence electrons. The van der Waals surface area contributed by atoms with Gasteiger partial charge in [0.15, 0.2) is 0 Å². The molecular formula is C13H12BrClN2O2S. The van der Waals surface area contributed by atoms with Gasteiger partial charge in [0.05, 0.1) is 13.7 Å². The van der Waals surface area contributed by atoms with Gasteiger partial charge in [-0.15, -0.1) is 11.3 Å². The topological polar surface area (TPSA) is 55.2 Å². The highest BCUT2D eigenvalue weighted by Crippen LogP contribution is 2.28. The zero-order chi connectivity index (χ0) is 14.7. The van der Waals surface area contributed by atoms with Gasteiger partial charge < -0.3 is 5.32 Å². The van der Waals surface area contributed by atoms with Crippen LogP contribution in [0.5, 0.6) is 0 Å². The minimum absolute atomic E-state index is 0.0797. The molecule has 20 heavy (non-hydrogen) atoms. The fourth-order valence-electron chi connectivity index (χ4n) is 1.74. The molecule has 0 amide bonds. The summed E-state index contributed by atoms with van der Waals surface area (Å²) >= 11 is 10.6. The molecule has 0 aliphatic heterocycles. The highest BCUT2D eigenvalue weighted by atomic mass is 79.9. The number of halogens is 2. The normalized spacial score (nSPS) is 12.3. The molecule has 0 radical (unpaired) electrons. The summed E-state index contributed by atoms with van der Waals surface area (Å²) < 4.78 is 1.25. The third kappa shape index (κ3) is 3.79. The maximum Gasteiger partial charge on any atom is 0.283 e. The van der Waals surface area contributed by atoms with Crippen LogP contribution in [-0.2, 0) is 6.54 Å². The molecule has 0 aliphatic rings. The Hall–Kier alpha value is -0.950. The Balaban J connectivity index is 2.04. The third-order valence-corrected chi connectivity index (χ3v) is 4.92. The number of thiophene rings is 1. The van der Waals surface area contributed by atoms with E-state index < -0.39 is 4.92 Å². The zero-order valence-electron chi connectivity index (χ0n) is 10.6. The molecule has 7 heteroatoms. The van der Waals surface area contributed by atoms with Gasteiger partial charge in [0.1, 0.15) is 0 Å². The Labute approximate surface area is 134 Å². The van der Waals surface area contributed by atoms with Crippen molar-refractivity contribution in [1.29, 1.82) is 0 Å². The van der Waals surface area contributed by atoms with E-state index in [1.165, 1.54) is 11.3 Å². The summed E-state index contributed by atoms with van der Waals surface area (Å²) in [7, 11) is 0. The number of nitro benzene ring substituents is 1. The van der Waals surface area contributed by atoms with Crippen LogP contribution in [0.25, 0.3) is 0 Å². The summed E-state index contributed by atoms with van der Waals surface area (Å²) in [5, 5.41) is 14.2. The van der Waals surface area contributed by atoms with Crippen LogP contribution < -0.4 is 5.32 Å². The SMILES string of the molecule is CC(NCc1ccc(Br)c([N+](=O)[O-])c1)c1ccc(Cl)s1. The molecule has 0 saturated carbocycles. The molecular weight excluding hydrogens is 364 g/mol. The smallest absolute Gasteiger partial charge is 0.283 e. The van der Waals surface area contributed by atoms with Gasteiger partial charge in [-0.3, -0.25) is 10.1 Å². The van der Waals surface area contributed by atoms with Crippen molar-refractivity contribution in [2.24, 2.45) is 0 Å². The Bertz CT molecular complexity index is 633. The molecule has 1 heterocycles. The van der Waals surface area contributed by atoms with Crippen molar-refractivity contribution in [3.05, 3.63) is 59.7 Å². The standard InChI is InChI=1S/C13H12BrClN2O2S/c1-8(12-4-5-13(15)20-12)16-7-9-2-3-10(14)11(6-9)17(18)19/h2-6,8,16H,7H2,1H3. The van der Waals surface area contributed by atoms with Gasteiger partial charge in [-0.1, -0.05) is 17.7 Å². The van der Waals surface area contributed by atoms with Crippen molar-refractivity contribution < 1.29 is 4.92 Å². The highest BCUT2D eigenvalue weighted by Gasteiger charge is 2.13. The molecule has 1 unspecified atom stereocenters. The first-order valence-corrected chi connectivity index (χ1v) is 7.87. The van der Waals surface area contributed by atoms with E-state index in [0.29, 0.717) is 11.0 Å². The molecule has 0 aliphatic carbocycles. The average Bonchev–Trinajstić information content (AvgIpc) is 2.84. The maximum absolute atomic E-state index is 10.9. The van der Waals surface area contributed by atoms with Crippen LogP contribution in [0.15, 0.2) is 34.8 Å². The molecule has 0 spiro atoms. The fourth-order valence-corrected chi connectivity index (χ4v) is 3.22. The molecule has 1 aromatic heterocycles. The first-order chi connectivity index (χ1) is 9.47. The van der Waals surface area contributed by atoms with Gasteiger partial charge in [0.2, 0.25) is 0 Å². The molecule has 1 aromatic carbocycles. The molecule has 2 rings (SSSR count). The van der Waals surface area contributed by atoms with Crippen molar-refractivity contribution in [2.45, 2.75) is 19.5 Å². The lowest BCUT2D eigenvalue weighted by Crippen LogP contribution is -2.17. The monoisotopic (exact) mass is 374 g/mol. The largest absolute Gasteiger partial charge is 0.305 e. The number of nitro groups is 1. The Morgan fingerprint density at radius 1 is 1.45 bits per heavy atom. The lowest BCUT2D eigenvalue weighted by molar-refractivity contribution is -0.385. The zero-order valence-corrected chi connectivity index (χ0v) is 13.8. The van der Waals surface area contributed by atoms with E-state index >= 15 is 0 Å². The van der Waals surface area contributed by atoms with E-state index in [0.717, 1.165) is 14.8 Å². The number of rotatable bonds is 5. The summed E-state index contributed by atoms with van der Waals surface area (Å²) in [4.78, 5) is 11.6. The highest BCUT2D eigenvalue weighted by molar-refractivity contribution is 9.10. The second-order valence-corrected chi connectivity index (χ2v) is 6.89. The lowest BCUT2D eigenvalue weighted by Gasteiger charge is -2.12.